The van der Waals surface area contributed by atoms with E-state index in [0.717, 1.165) is 57.1 Å². The lowest BCUT2D eigenvalue weighted by Gasteiger charge is -2.24. The number of fused-ring (bicyclic) bond motifs is 1. The van der Waals surface area contributed by atoms with Crippen molar-refractivity contribution >= 4 is 17.3 Å². The van der Waals surface area contributed by atoms with Gasteiger partial charge in [0.15, 0.2) is 0 Å². The topological polar surface area (TPSA) is 62.2 Å². The maximum absolute atomic E-state index is 12.2. The van der Waals surface area contributed by atoms with Gasteiger partial charge >= 0.3 is 0 Å². The second-order valence-electron chi connectivity index (χ2n) is 7.59. The summed E-state index contributed by atoms with van der Waals surface area (Å²) >= 11 is 0. The molecule has 26 heavy (non-hydrogen) atoms. The number of hydrogen-bond donors (Lipinski definition) is 2. The Balaban J connectivity index is 1.53. The van der Waals surface area contributed by atoms with Crippen molar-refractivity contribution in [1.29, 1.82) is 0 Å². The van der Waals surface area contributed by atoms with Crippen LogP contribution in [0.15, 0.2) is 24.4 Å². The summed E-state index contributed by atoms with van der Waals surface area (Å²) in [6, 6.07) is 6.30. The van der Waals surface area contributed by atoms with Crippen molar-refractivity contribution in [2.45, 2.75) is 38.8 Å². The molecule has 1 saturated carbocycles. The molecule has 1 aromatic heterocycles. The predicted octanol–water partition coefficient (Wildman–Crippen LogP) is 2.60. The summed E-state index contributed by atoms with van der Waals surface area (Å²) in [6.45, 7) is 4.95. The van der Waals surface area contributed by atoms with E-state index in [4.69, 9.17) is 4.98 Å². The van der Waals surface area contributed by atoms with E-state index in [1.54, 1.807) is 0 Å². The highest BCUT2D eigenvalue weighted by Crippen LogP contribution is 2.36. The van der Waals surface area contributed by atoms with Crippen molar-refractivity contribution in [1.82, 2.24) is 14.9 Å². The zero-order chi connectivity index (χ0) is 17.5. The molecular formula is C20H25N5O. The SMILES string of the molecule is O=C(Nc1ccc(-c2ncc3n2CCNC3)c(N2CCCC2)c1)C1CC1. The van der Waals surface area contributed by atoms with Crippen LogP contribution in [0.3, 0.4) is 0 Å². The number of aromatic nitrogens is 2. The molecule has 0 bridgehead atoms. The third-order valence-electron chi connectivity index (χ3n) is 5.66. The van der Waals surface area contributed by atoms with Gasteiger partial charge in [-0.3, -0.25) is 4.79 Å². The Kier molecular flexibility index (Phi) is 3.93. The van der Waals surface area contributed by atoms with Gasteiger partial charge in [0.05, 0.1) is 11.9 Å². The fourth-order valence-electron chi connectivity index (χ4n) is 4.03. The molecular weight excluding hydrogens is 326 g/mol. The van der Waals surface area contributed by atoms with Crippen LogP contribution in [0.25, 0.3) is 11.4 Å². The number of carbonyl (C=O) groups excluding carboxylic acids is 1. The van der Waals surface area contributed by atoms with Crippen molar-refractivity contribution in [3.63, 3.8) is 0 Å². The average molecular weight is 351 g/mol. The minimum absolute atomic E-state index is 0.161. The number of hydrogen-bond acceptors (Lipinski definition) is 4. The molecule has 6 heteroatoms. The zero-order valence-electron chi connectivity index (χ0n) is 15.0. The molecule has 136 valence electrons. The second kappa shape index (κ2) is 6.43. The number of benzene rings is 1. The van der Waals surface area contributed by atoms with Crippen LogP contribution in [0.5, 0.6) is 0 Å². The van der Waals surface area contributed by atoms with Gasteiger partial charge in [0.1, 0.15) is 5.82 Å². The van der Waals surface area contributed by atoms with Gasteiger partial charge in [-0.15, -0.1) is 0 Å². The third kappa shape index (κ3) is 2.88. The van der Waals surface area contributed by atoms with Crippen LogP contribution in [-0.4, -0.2) is 35.1 Å². The Morgan fingerprint density at radius 1 is 1.19 bits per heavy atom. The molecule has 1 aromatic carbocycles. The van der Waals surface area contributed by atoms with E-state index < -0.39 is 0 Å². The number of nitrogens with one attached hydrogen (secondary N) is 2. The molecule has 2 aliphatic heterocycles. The van der Waals surface area contributed by atoms with E-state index in [2.05, 4.69) is 32.2 Å². The van der Waals surface area contributed by atoms with Gasteiger partial charge in [0.2, 0.25) is 5.91 Å². The number of nitrogens with zero attached hydrogens (tertiary/aromatic N) is 3. The van der Waals surface area contributed by atoms with Gasteiger partial charge in [-0.05, 0) is 43.9 Å². The van der Waals surface area contributed by atoms with E-state index in [1.165, 1.54) is 29.8 Å². The molecule has 6 nitrogen and oxygen atoms in total. The largest absolute Gasteiger partial charge is 0.371 e. The van der Waals surface area contributed by atoms with Gasteiger partial charge in [-0.2, -0.15) is 0 Å². The fraction of sp³-hybridized carbons (Fsp3) is 0.500. The Morgan fingerprint density at radius 3 is 2.85 bits per heavy atom. The molecule has 5 rings (SSSR count). The first-order valence-corrected chi connectivity index (χ1v) is 9.75. The van der Waals surface area contributed by atoms with E-state index in [1.807, 2.05) is 12.3 Å². The second-order valence-corrected chi connectivity index (χ2v) is 7.59. The van der Waals surface area contributed by atoms with Crippen molar-refractivity contribution in [3.8, 4) is 11.4 Å². The van der Waals surface area contributed by atoms with Crippen molar-refractivity contribution < 1.29 is 4.79 Å². The molecule has 3 heterocycles. The first-order valence-electron chi connectivity index (χ1n) is 9.75. The molecule has 2 N–H and O–H groups in total. The number of rotatable bonds is 4. The number of amides is 1. The molecule has 0 atom stereocenters. The fourth-order valence-corrected chi connectivity index (χ4v) is 4.03. The van der Waals surface area contributed by atoms with Crippen LogP contribution in [0.2, 0.25) is 0 Å². The van der Waals surface area contributed by atoms with Crippen molar-refractivity contribution in [2.75, 3.05) is 29.9 Å². The molecule has 0 unspecified atom stereocenters. The highest BCUT2D eigenvalue weighted by Gasteiger charge is 2.30. The van der Waals surface area contributed by atoms with Crippen LogP contribution in [0.4, 0.5) is 11.4 Å². The molecule has 1 saturated heterocycles. The van der Waals surface area contributed by atoms with E-state index in [0.29, 0.717) is 0 Å². The first-order chi connectivity index (χ1) is 12.8. The Bertz CT molecular complexity index is 833. The van der Waals surface area contributed by atoms with Gasteiger partial charge in [-0.25, -0.2) is 4.98 Å². The minimum Gasteiger partial charge on any atom is -0.371 e. The molecule has 1 aliphatic carbocycles. The summed E-state index contributed by atoms with van der Waals surface area (Å²) in [4.78, 5) is 19.3. The summed E-state index contributed by atoms with van der Waals surface area (Å²) in [5, 5.41) is 6.50. The molecule has 0 spiro atoms. The first kappa shape index (κ1) is 15.9. The molecule has 2 aromatic rings. The predicted molar refractivity (Wildman–Crippen MR) is 102 cm³/mol. The Labute approximate surface area is 153 Å². The van der Waals surface area contributed by atoms with Gasteiger partial charge in [0, 0.05) is 55.6 Å². The Hall–Kier alpha value is -2.34. The summed E-state index contributed by atoms with van der Waals surface area (Å²) in [5.41, 5.74) is 4.51. The van der Waals surface area contributed by atoms with Gasteiger partial charge in [-0.1, -0.05) is 0 Å². The molecule has 2 fully saturated rings. The summed E-state index contributed by atoms with van der Waals surface area (Å²) in [7, 11) is 0. The van der Waals surface area contributed by atoms with Gasteiger partial charge < -0.3 is 20.1 Å². The maximum atomic E-state index is 12.2. The molecule has 1 amide bonds. The monoisotopic (exact) mass is 351 g/mol. The number of carbonyl (C=O) groups is 1. The normalized spacial score (nSPS) is 19.5. The summed E-state index contributed by atoms with van der Waals surface area (Å²) in [6.07, 6.45) is 6.48. The van der Waals surface area contributed by atoms with E-state index >= 15 is 0 Å². The van der Waals surface area contributed by atoms with Crippen LogP contribution < -0.4 is 15.5 Å². The highest BCUT2D eigenvalue weighted by atomic mass is 16.2. The lowest BCUT2D eigenvalue weighted by molar-refractivity contribution is -0.117. The number of imidazole rings is 1. The standard InChI is InChI=1S/C20H25N5O/c26-20(14-3-4-14)23-15-5-6-17(18(11-15)24-8-1-2-9-24)19-22-13-16-12-21-7-10-25(16)19/h5-6,11,13-14,21H,1-4,7-10,12H2,(H,23,26). The molecule has 0 radical (unpaired) electrons. The minimum atomic E-state index is 0.161. The van der Waals surface area contributed by atoms with Crippen LogP contribution in [0, 0.1) is 5.92 Å². The van der Waals surface area contributed by atoms with E-state index in [-0.39, 0.29) is 11.8 Å². The summed E-state index contributed by atoms with van der Waals surface area (Å²) in [5.74, 6) is 1.43. The van der Waals surface area contributed by atoms with Crippen molar-refractivity contribution in [2.24, 2.45) is 5.92 Å². The lowest BCUT2D eigenvalue weighted by Crippen LogP contribution is -2.28. The van der Waals surface area contributed by atoms with Gasteiger partial charge in [0.25, 0.3) is 0 Å². The smallest absolute Gasteiger partial charge is 0.227 e. The summed E-state index contributed by atoms with van der Waals surface area (Å²) < 4.78 is 2.33. The lowest BCUT2D eigenvalue weighted by atomic mass is 10.1. The third-order valence-corrected chi connectivity index (χ3v) is 5.66. The van der Waals surface area contributed by atoms with Crippen molar-refractivity contribution in [3.05, 3.63) is 30.1 Å². The number of anilines is 2. The zero-order valence-corrected chi connectivity index (χ0v) is 15.0. The van der Waals surface area contributed by atoms with Crippen LogP contribution in [0.1, 0.15) is 31.4 Å². The van der Waals surface area contributed by atoms with Crippen LogP contribution >= 0.6 is 0 Å². The highest BCUT2D eigenvalue weighted by molar-refractivity contribution is 5.95. The molecule has 3 aliphatic rings. The Morgan fingerprint density at radius 2 is 2.04 bits per heavy atom. The van der Waals surface area contributed by atoms with Crippen LogP contribution in [-0.2, 0) is 17.9 Å². The van der Waals surface area contributed by atoms with E-state index in [9.17, 15) is 4.79 Å². The quantitative estimate of drug-likeness (QED) is 0.889. The maximum Gasteiger partial charge on any atom is 0.227 e. The average Bonchev–Trinajstić information content (AvgIpc) is 3.21.